The zero-order valence-corrected chi connectivity index (χ0v) is 18.6. The lowest BCUT2D eigenvalue weighted by Crippen LogP contribution is -2.17. The van der Waals surface area contributed by atoms with Gasteiger partial charge < -0.3 is 0 Å². The van der Waals surface area contributed by atoms with Gasteiger partial charge in [0, 0.05) is 20.6 Å². The molecule has 6 heteroatoms. The van der Waals surface area contributed by atoms with Crippen LogP contribution in [0.2, 0.25) is 0 Å². The number of carbonyl (C=O) groups is 1. The molecule has 0 fully saturated rings. The van der Waals surface area contributed by atoms with Crippen LogP contribution in [0.15, 0.2) is 53.5 Å². The van der Waals surface area contributed by atoms with Crippen LogP contribution in [0.5, 0.6) is 0 Å². The Morgan fingerprint density at radius 2 is 1.50 bits per heavy atom. The first kappa shape index (κ1) is 29.7. The Balaban J connectivity index is 0. The van der Waals surface area contributed by atoms with E-state index in [2.05, 4.69) is 18.6 Å². The van der Waals surface area contributed by atoms with Gasteiger partial charge in [-0.15, -0.1) is 0 Å². The summed E-state index contributed by atoms with van der Waals surface area (Å²) < 4.78 is 39.0. The SMILES string of the molecule is C=NC(Cc1ccc(C(C)=O)cc1)C(C)c1cccc(C(C)F)c1.CC.CF.FF. The highest BCUT2D eigenvalue weighted by Gasteiger charge is 2.19. The summed E-state index contributed by atoms with van der Waals surface area (Å²) in [7, 11) is 0.500. The molecule has 0 amide bonds. The van der Waals surface area contributed by atoms with Crippen LogP contribution in [0.4, 0.5) is 17.9 Å². The van der Waals surface area contributed by atoms with Gasteiger partial charge in [-0.3, -0.25) is 14.2 Å². The fourth-order valence-electron chi connectivity index (χ4n) is 2.83. The molecular weight excluding hydrogens is 394 g/mol. The van der Waals surface area contributed by atoms with E-state index in [9.17, 15) is 13.6 Å². The summed E-state index contributed by atoms with van der Waals surface area (Å²) in [5.74, 6) is 0.194. The minimum Gasteiger partial charge on any atom is -0.297 e. The lowest BCUT2D eigenvalue weighted by molar-refractivity contribution is 0.101. The van der Waals surface area contributed by atoms with Crippen molar-refractivity contribution < 1.29 is 22.7 Å². The fourth-order valence-corrected chi connectivity index (χ4v) is 2.83. The van der Waals surface area contributed by atoms with Crippen LogP contribution in [0.1, 0.15) is 73.8 Å². The molecule has 0 aromatic heterocycles. The summed E-state index contributed by atoms with van der Waals surface area (Å²) in [6.45, 7) is 12.9. The normalized spacial score (nSPS) is 12.3. The molecule has 30 heavy (non-hydrogen) atoms. The van der Waals surface area contributed by atoms with Crippen molar-refractivity contribution in [2.45, 2.75) is 59.2 Å². The highest BCUT2D eigenvalue weighted by atomic mass is 20.0. The van der Waals surface area contributed by atoms with Gasteiger partial charge in [0.1, 0.15) is 6.17 Å². The Kier molecular flexibility index (Phi) is 17.2. The molecular formula is C24H33F4NO. The fraction of sp³-hybridized carbons (Fsp3) is 0.417. The third-order valence-electron chi connectivity index (χ3n) is 4.51. The zero-order chi connectivity index (χ0) is 23.7. The molecule has 0 aliphatic carbocycles. The molecule has 3 atom stereocenters. The Bertz CT molecular complexity index is 717. The first-order valence-corrected chi connectivity index (χ1v) is 9.74. The van der Waals surface area contributed by atoms with Gasteiger partial charge in [0.05, 0.1) is 13.2 Å². The van der Waals surface area contributed by atoms with Gasteiger partial charge in [0.25, 0.3) is 0 Å². The number of hydrogen-bond donors (Lipinski definition) is 0. The molecule has 0 N–H and O–H groups in total. The number of halogens is 4. The van der Waals surface area contributed by atoms with Crippen molar-refractivity contribution in [3.63, 3.8) is 0 Å². The summed E-state index contributed by atoms with van der Waals surface area (Å²) in [5.41, 5.74) is 3.57. The molecule has 0 aliphatic rings. The molecule has 0 saturated carbocycles. The maximum absolute atomic E-state index is 13.5. The first-order valence-electron chi connectivity index (χ1n) is 9.74. The van der Waals surface area contributed by atoms with E-state index in [1.807, 2.05) is 56.3 Å². The third-order valence-corrected chi connectivity index (χ3v) is 4.51. The number of aliphatic imine (C=N–C) groups is 1. The topological polar surface area (TPSA) is 29.4 Å². The minimum absolute atomic E-state index is 0.00153. The molecule has 2 rings (SSSR count). The average Bonchev–Trinajstić information content (AvgIpc) is 2.81. The first-order chi connectivity index (χ1) is 14.4. The lowest BCUT2D eigenvalue weighted by atomic mass is 9.88. The van der Waals surface area contributed by atoms with E-state index in [0.717, 1.165) is 17.5 Å². The number of nitrogens with zero attached hydrogens (tertiary/aromatic N) is 1. The smallest absolute Gasteiger partial charge is 0.159 e. The molecule has 0 spiro atoms. The highest BCUT2D eigenvalue weighted by Crippen LogP contribution is 2.27. The van der Waals surface area contributed by atoms with Crippen LogP contribution >= 0.6 is 0 Å². The van der Waals surface area contributed by atoms with Crippen molar-refractivity contribution in [1.29, 1.82) is 0 Å². The van der Waals surface area contributed by atoms with E-state index in [4.69, 9.17) is 9.15 Å². The number of carbonyl (C=O) groups excluding carboxylic acids is 1. The van der Waals surface area contributed by atoms with Crippen molar-refractivity contribution in [1.82, 2.24) is 0 Å². The van der Waals surface area contributed by atoms with E-state index in [1.54, 1.807) is 19.9 Å². The summed E-state index contributed by atoms with van der Waals surface area (Å²) in [4.78, 5) is 15.6. The Morgan fingerprint density at radius 3 is 1.93 bits per heavy atom. The van der Waals surface area contributed by atoms with Crippen LogP contribution in [0.3, 0.4) is 0 Å². The number of hydrogen-bond acceptors (Lipinski definition) is 2. The van der Waals surface area contributed by atoms with Crippen LogP contribution in [0.25, 0.3) is 0 Å². The second-order valence-electron chi connectivity index (χ2n) is 6.28. The average molecular weight is 428 g/mol. The molecule has 3 unspecified atom stereocenters. The summed E-state index contributed by atoms with van der Waals surface area (Å²) in [6.07, 6.45) is -0.246. The van der Waals surface area contributed by atoms with Gasteiger partial charge in [-0.2, -0.15) is 0 Å². The number of Topliss-reactive ketones (excluding diaryl/α,β-unsaturated/α-hetero) is 1. The van der Waals surface area contributed by atoms with Crippen LogP contribution < -0.4 is 0 Å². The molecule has 168 valence electrons. The number of rotatable bonds is 7. The van der Waals surface area contributed by atoms with E-state index in [-0.39, 0.29) is 17.7 Å². The number of benzene rings is 2. The van der Waals surface area contributed by atoms with Gasteiger partial charge in [-0.1, -0.05) is 69.3 Å². The number of alkyl halides is 2. The van der Waals surface area contributed by atoms with Crippen molar-refractivity contribution in [2.24, 2.45) is 4.99 Å². The van der Waals surface area contributed by atoms with Crippen molar-refractivity contribution in [3.8, 4) is 0 Å². The second-order valence-corrected chi connectivity index (χ2v) is 6.28. The monoisotopic (exact) mass is 427 g/mol. The molecule has 0 aliphatic heterocycles. The highest BCUT2D eigenvalue weighted by molar-refractivity contribution is 5.94. The predicted octanol–water partition coefficient (Wildman–Crippen LogP) is 7.79. The summed E-state index contributed by atoms with van der Waals surface area (Å²) in [6, 6.07) is 15.2. The Morgan fingerprint density at radius 1 is 1.00 bits per heavy atom. The van der Waals surface area contributed by atoms with Crippen molar-refractivity contribution >= 4 is 12.5 Å². The summed E-state index contributed by atoms with van der Waals surface area (Å²) in [5, 5.41) is 0. The van der Waals surface area contributed by atoms with Gasteiger partial charge in [-0.25, -0.2) is 4.39 Å². The zero-order valence-electron chi connectivity index (χ0n) is 18.6. The van der Waals surface area contributed by atoms with E-state index in [0.29, 0.717) is 18.3 Å². The standard InChI is InChI=1S/C21H24FNO.C2H6.CH3F.F2/c1-14(19-6-5-7-20(13-19)15(2)22)21(23-4)12-17-8-10-18(11-9-17)16(3)24;3*1-2/h5-11,13-15,21H,4,12H2,1-3H3;1-2H3;1H3;. The molecule has 2 aromatic rings. The summed E-state index contributed by atoms with van der Waals surface area (Å²) >= 11 is 0. The molecule has 2 nitrogen and oxygen atoms in total. The second kappa shape index (κ2) is 17.4. The maximum Gasteiger partial charge on any atom is 0.159 e. The number of ketones is 1. The van der Waals surface area contributed by atoms with Gasteiger partial charge >= 0.3 is 0 Å². The third kappa shape index (κ3) is 9.81. The van der Waals surface area contributed by atoms with Crippen LogP contribution in [-0.4, -0.2) is 25.7 Å². The predicted molar refractivity (Wildman–Crippen MR) is 118 cm³/mol. The van der Waals surface area contributed by atoms with Gasteiger partial charge in [0.15, 0.2) is 5.78 Å². The molecule has 0 heterocycles. The molecule has 0 bridgehead atoms. The van der Waals surface area contributed by atoms with Gasteiger partial charge in [-0.05, 0) is 43.7 Å². The Hall–Kier alpha value is -2.50. The van der Waals surface area contributed by atoms with E-state index >= 15 is 0 Å². The van der Waals surface area contributed by atoms with Crippen molar-refractivity contribution in [2.75, 3.05) is 7.18 Å². The van der Waals surface area contributed by atoms with Crippen LogP contribution in [0, 0.1) is 0 Å². The maximum atomic E-state index is 13.5. The van der Waals surface area contributed by atoms with E-state index < -0.39 is 6.17 Å². The van der Waals surface area contributed by atoms with E-state index in [1.165, 1.54) is 0 Å². The largest absolute Gasteiger partial charge is 0.297 e. The molecule has 2 aromatic carbocycles. The van der Waals surface area contributed by atoms with Gasteiger partial charge in [0.2, 0.25) is 0 Å². The minimum atomic E-state index is -0.980. The Labute approximate surface area is 177 Å². The molecule has 0 radical (unpaired) electrons. The lowest BCUT2D eigenvalue weighted by Gasteiger charge is -2.21. The van der Waals surface area contributed by atoms with Crippen molar-refractivity contribution in [3.05, 3.63) is 70.8 Å². The van der Waals surface area contributed by atoms with Crippen LogP contribution in [-0.2, 0) is 6.42 Å². The quantitative estimate of drug-likeness (QED) is 0.252. The molecule has 0 saturated heterocycles.